The van der Waals surface area contributed by atoms with Gasteiger partial charge in [-0.25, -0.2) is 9.78 Å². The number of carboxylic acid groups (broad SMARTS) is 1. The van der Waals surface area contributed by atoms with E-state index in [-0.39, 0.29) is 5.91 Å². The number of thiazole rings is 1. The first-order chi connectivity index (χ1) is 11.7. The molecule has 0 unspecified atom stereocenters. The number of alkyl halides is 3. The van der Waals surface area contributed by atoms with Crippen LogP contribution in [0.4, 0.5) is 18.3 Å². The zero-order valence-corrected chi connectivity index (χ0v) is 13.5. The fourth-order valence-corrected chi connectivity index (χ4v) is 2.28. The molecule has 1 aromatic carbocycles. The summed E-state index contributed by atoms with van der Waals surface area (Å²) in [5.74, 6) is -2.76. The Balaban J connectivity index is 0.000000277. The highest BCUT2D eigenvalue weighted by Crippen LogP contribution is 2.24. The maximum atomic E-state index is 11.8. The lowest BCUT2D eigenvalue weighted by atomic mass is 10.1. The van der Waals surface area contributed by atoms with Gasteiger partial charge in [-0.1, -0.05) is 12.1 Å². The highest BCUT2D eigenvalue weighted by molar-refractivity contribution is 7.13. The largest absolute Gasteiger partial charge is 0.490 e. The highest BCUT2D eigenvalue weighted by Gasteiger charge is 2.38. The molecule has 1 saturated carbocycles. The van der Waals surface area contributed by atoms with Crippen molar-refractivity contribution in [2.45, 2.75) is 25.1 Å². The molecule has 1 aliphatic rings. The summed E-state index contributed by atoms with van der Waals surface area (Å²) in [6.45, 7) is 0. The van der Waals surface area contributed by atoms with Gasteiger partial charge < -0.3 is 16.2 Å². The maximum Gasteiger partial charge on any atom is 0.490 e. The minimum Gasteiger partial charge on any atom is -0.475 e. The van der Waals surface area contributed by atoms with E-state index in [4.69, 9.17) is 15.6 Å². The lowest BCUT2D eigenvalue weighted by Crippen LogP contribution is -2.25. The molecule has 4 N–H and O–H groups in total. The van der Waals surface area contributed by atoms with Gasteiger partial charge >= 0.3 is 12.1 Å². The van der Waals surface area contributed by atoms with Crippen LogP contribution in [0.3, 0.4) is 0 Å². The molecule has 1 amide bonds. The standard InChI is InChI=1S/C13H13N3OS.C2HF3O2/c14-13-16-11(7-18-13)8-1-3-9(4-2-8)12(17)15-10-5-6-10;3-2(4,5)1(6)7/h1-4,7,10H,5-6H2,(H2,14,16)(H,15,17);(H,6,7). The van der Waals surface area contributed by atoms with E-state index >= 15 is 0 Å². The Hall–Kier alpha value is -2.62. The fraction of sp³-hybridized carbons (Fsp3) is 0.267. The molecule has 0 radical (unpaired) electrons. The Morgan fingerprint density at radius 2 is 1.80 bits per heavy atom. The Morgan fingerprint density at radius 3 is 2.20 bits per heavy atom. The summed E-state index contributed by atoms with van der Waals surface area (Å²) in [6, 6.07) is 7.83. The van der Waals surface area contributed by atoms with Crippen molar-refractivity contribution in [3.8, 4) is 11.3 Å². The molecular weight excluding hydrogens is 359 g/mol. The van der Waals surface area contributed by atoms with E-state index in [1.54, 1.807) is 0 Å². The number of aromatic nitrogens is 1. The highest BCUT2D eigenvalue weighted by atomic mass is 32.1. The molecule has 1 aliphatic carbocycles. The summed E-state index contributed by atoms with van der Waals surface area (Å²) >= 11 is 1.41. The van der Waals surface area contributed by atoms with Gasteiger partial charge in [0.05, 0.1) is 5.69 Å². The summed E-state index contributed by atoms with van der Waals surface area (Å²) in [5.41, 5.74) is 8.12. The SMILES string of the molecule is Nc1nc(-c2ccc(C(=O)NC3CC3)cc2)cs1.O=C(O)C(F)(F)F. The Bertz CT molecular complexity index is 755. The molecule has 25 heavy (non-hydrogen) atoms. The van der Waals surface area contributed by atoms with Gasteiger partial charge in [-0.3, -0.25) is 4.79 Å². The van der Waals surface area contributed by atoms with Gasteiger partial charge in [0.15, 0.2) is 5.13 Å². The molecule has 134 valence electrons. The number of hydrogen-bond donors (Lipinski definition) is 3. The summed E-state index contributed by atoms with van der Waals surface area (Å²) in [6.07, 6.45) is -2.89. The molecule has 0 bridgehead atoms. The molecule has 3 rings (SSSR count). The lowest BCUT2D eigenvalue weighted by molar-refractivity contribution is -0.192. The first kappa shape index (κ1) is 18.7. The predicted octanol–water partition coefficient (Wildman–Crippen LogP) is 2.92. The number of carbonyl (C=O) groups is 2. The monoisotopic (exact) mass is 373 g/mol. The number of carboxylic acids is 1. The molecule has 10 heteroatoms. The van der Waals surface area contributed by atoms with E-state index < -0.39 is 12.1 Å². The number of nitrogens with one attached hydrogen (secondary N) is 1. The topological polar surface area (TPSA) is 105 Å². The Labute approximate surface area is 144 Å². The lowest BCUT2D eigenvalue weighted by Gasteiger charge is -2.03. The Kier molecular flexibility index (Phi) is 5.62. The second-order valence-electron chi connectivity index (χ2n) is 5.20. The number of carbonyl (C=O) groups excluding carboxylic acids is 1. The first-order valence-electron chi connectivity index (χ1n) is 7.09. The minimum absolute atomic E-state index is 0.00171. The van der Waals surface area contributed by atoms with Gasteiger partial charge in [0, 0.05) is 22.5 Å². The van der Waals surface area contributed by atoms with Crippen LogP contribution in [0, 0.1) is 0 Å². The van der Waals surface area contributed by atoms with Gasteiger partial charge in [-0.15, -0.1) is 11.3 Å². The van der Waals surface area contributed by atoms with Gasteiger partial charge in [0.1, 0.15) is 0 Å². The van der Waals surface area contributed by atoms with Crippen molar-refractivity contribution in [1.29, 1.82) is 0 Å². The predicted molar refractivity (Wildman–Crippen MR) is 86.1 cm³/mol. The number of anilines is 1. The molecule has 2 aromatic rings. The summed E-state index contributed by atoms with van der Waals surface area (Å²) < 4.78 is 31.7. The molecule has 0 aliphatic heterocycles. The smallest absolute Gasteiger partial charge is 0.475 e. The van der Waals surface area contributed by atoms with Crippen molar-refractivity contribution < 1.29 is 27.9 Å². The van der Waals surface area contributed by atoms with Crippen LogP contribution in [-0.2, 0) is 4.79 Å². The van der Waals surface area contributed by atoms with E-state index in [2.05, 4.69) is 10.3 Å². The van der Waals surface area contributed by atoms with E-state index in [0.29, 0.717) is 16.7 Å². The van der Waals surface area contributed by atoms with Gasteiger partial charge in [0.2, 0.25) is 0 Å². The van der Waals surface area contributed by atoms with E-state index in [1.165, 1.54) is 11.3 Å². The average Bonchev–Trinajstić information content (AvgIpc) is 3.25. The van der Waals surface area contributed by atoms with Crippen LogP contribution in [0.5, 0.6) is 0 Å². The number of aliphatic carboxylic acids is 1. The van der Waals surface area contributed by atoms with Crippen LogP contribution in [0.2, 0.25) is 0 Å². The molecule has 1 aromatic heterocycles. The van der Waals surface area contributed by atoms with Crippen LogP contribution in [0.15, 0.2) is 29.6 Å². The fourth-order valence-electron chi connectivity index (χ4n) is 1.71. The third-order valence-electron chi connectivity index (χ3n) is 3.12. The second-order valence-corrected chi connectivity index (χ2v) is 6.09. The Morgan fingerprint density at radius 1 is 1.24 bits per heavy atom. The summed E-state index contributed by atoms with van der Waals surface area (Å²) in [5, 5.41) is 12.6. The van der Waals surface area contributed by atoms with Crippen LogP contribution in [-0.4, -0.2) is 34.2 Å². The second kappa shape index (κ2) is 7.51. The molecule has 6 nitrogen and oxygen atoms in total. The van der Waals surface area contributed by atoms with Gasteiger partial charge in [-0.05, 0) is 25.0 Å². The number of rotatable bonds is 3. The van der Waals surface area contributed by atoms with Crippen molar-refractivity contribution in [1.82, 2.24) is 10.3 Å². The molecule has 0 saturated heterocycles. The minimum atomic E-state index is -5.08. The van der Waals surface area contributed by atoms with Gasteiger partial charge in [-0.2, -0.15) is 13.2 Å². The van der Waals surface area contributed by atoms with Crippen molar-refractivity contribution >= 4 is 28.3 Å². The average molecular weight is 373 g/mol. The molecule has 0 spiro atoms. The van der Waals surface area contributed by atoms with E-state index in [9.17, 15) is 18.0 Å². The van der Waals surface area contributed by atoms with Crippen molar-refractivity contribution in [3.63, 3.8) is 0 Å². The maximum absolute atomic E-state index is 11.8. The summed E-state index contributed by atoms with van der Waals surface area (Å²) in [4.78, 5) is 24.9. The van der Waals surface area contributed by atoms with E-state index in [1.807, 2.05) is 29.6 Å². The number of nitrogens with zero attached hydrogens (tertiary/aromatic N) is 1. The zero-order valence-electron chi connectivity index (χ0n) is 12.7. The molecule has 1 fully saturated rings. The van der Waals surface area contributed by atoms with Crippen molar-refractivity contribution in [2.75, 3.05) is 5.73 Å². The number of nitrogen functional groups attached to an aromatic ring is 1. The number of benzene rings is 1. The normalized spacial score (nSPS) is 13.6. The molecule has 1 heterocycles. The zero-order chi connectivity index (χ0) is 18.6. The van der Waals surface area contributed by atoms with Crippen LogP contribution < -0.4 is 11.1 Å². The first-order valence-corrected chi connectivity index (χ1v) is 7.97. The quantitative estimate of drug-likeness (QED) is 0.767. The molecule has 0 atom stereocenters. The van der Waals surface area contributed by atoms with Crippen LogP contribution >= 0.6 is 11.3 Å². The molecular formula is C15H14F3N3O3S. The number of hydrogen-bond acceptors (Lipinski definition) is 5. The van der Waals surface area contributed by atoms with E-state index in [0.717, 1.165) is 24.1 Å². The third-order valence-corrected chi connectivity index (χ3v) is 3.79. The third kappa shape index (κ3) is 5.75. The van der Waals surface area contributed by atoms with Gasteiger partial charge in [0.25, 0.3) is 5.91 Å². The summed E-state index contributed by atoms with van der Waals surface area (Å²) in [7, 11) is 0. The van der Waals surface area contributed by atoms with Crippen molar-refractivity contribution in [3.05, 3.63) is 35.2 Å². The van der Waals surface area contributed by atoms with Crippen LogP contribution in [0.25, 0.3) is 11.3 Å². The number of amides is 1. The number of nitrogens with two attached hydrogens (primary N) is 1. The number of halogens is 3. The van der Waals surface area contributed by atoms with Crippen molar-refractivity contribution in [2.24, 2.45) is 0 Å². The van der Waals surface area contributed by atoms with Crippen LogP contribution in [0.1, 0.15) is 23.2 Å².